The van der Waals surface area contributed by atoms with Gasteiger partial charge >= 0.3 is 0 Å². The van der Waals surface area contributed by atoms with Crippen molar-refractivity contribution in [2.45, 2.75) is 115 Å². The average Bonchev–Trinajstić information content (AvgIpc) is 3.29. The Bertz CT molecular complexity index is 689. The third kappa shape index (κ3) is 7.23. The van der Waals surface area contributed by atoms with Gasteiger partial charge < -0.3 is 24.1 Å². The van der Waals surface area contributed by atoms with Crippen LogP contribution in [0, 0.1) is 0 Å². The predicted molar refractivity (Wildman–Crippen MR) is 127 cm³/mol. The third-order valence-electron chi connectivity index (χ3n) is 6.26. The van der Waals surface area contributed by atoms with E-state index in [2.05, 4.69) is 13.0 Å². The molecule has 32 heavy (non-hydrogen) atoms. The summed E-state index contributed by atoms with van der Waals surface area (Å²) in [5.74, 6) is 0.661. The normalized spacial score (nSPS) is 23.2. The van der Waals surface area contributed by atoms with Crippen LogP contribution in [0.15, 0.2) is 36.4 Å². The topological polar surface area (TPSA) is 57.2 Å². The molecule has 3 rings (SSSR count). The van der Waals surface area contributed by atoms with Crippen LogP contribution >= 0.6 is 0 Å². The van der Waals surface area contributed by atoms with Gasteiger partial charge in [-0.05, 0) is 51.7 Å². The van der Waals surface area contributed by atoms with E-state index in [0.717, 1.165) is 50.0 Å². The van der Waals surface area contributed by atoms with Gasteiger partial charge in [-0.25, -0.2) is 0 Å². The van der Waals surface area contributed by atoms with Gasteiger partial charge in [-0.2, -0.15) is 0 Å². The van der Waals surface area contributed by atoms with E-state index in [0.29, 0.717) is 0 Å². The van der Waals surface area contributed by atoms with E-state index in [1.807, 2.05) is 44.2 Å². The lowest BCUT2D eigenvalue weighted by Crippen LogP contribution is -2.38. The van der Waals surface area contributed by atoms with E-state index >= 15 is 0 Å². The molecule has 180 valence electrons. The highest BCUT2D eigenvalue weighted by molar-refractivity contribution is 5.42. The summed E-state index contributed by atoms with van der Waals surface area (Å²) in [6, 6.07) is 8.04. The first kappa shape index (κ1) is 25.1. The van der Waals surface area contributed by atoms with Crippen molar-refractivity contribution in [2.75, 3.05) is 6.61 Å². The predicted octanol–water partition coefficient (Wildman–Crippen LogP) is 6.53. The Balaban J connectivity index is 1.36. The molecular formula is C27H42O5. The van der Waals surface area contributed by atoms with Gasteiger partial charge in [-0.15, -0.1) is 0 Å². The van der Waals surface area contributed by atoms with Gasteiger partial charge in [0, 0.05) is 12.8 Å². The van der Waals surface area contributed by atoms with Crippen molar-refractivity contribution in [3.63, 3.8) is 0 Å². The van der Waals surface area contributed by atoms with E-state index in [1.165, 1.54) is 32.1 Å². The van der Waals surface area contributed by atoms with Gasteiger partial charge in [-0.3, -0.25) is 0 Å². The molecule has 2 atom stereocenters. The van der Waals surface area contributed by atoms with Gasteiger partial charge in [0.2, 0.25) is 0 Å². The monoisotopic (exact) mass is 446 g/mol. The molecule has 1 N–H and O–H groups in total. The van der Waals surface area contributed by atoms with Gasteiger partial charge in [0.05, 0.1) is 6.61 Å². The van der Waals surface area contributed by atoms with Crippen LogP contribution in [-0.4, -0.2) is 35.5 Å². The molecule has 1 aromatic rings. The van der Waals surface area contributed by atoms with Crippen molar-refractivity contribution >= 4 is 0 Å². The van der Waals surface area contributed by atoms with Crippen molar-refractivity contribution in [1.82, 2.24) is 0 Å². The van der Waals surface area contributed by atoms with Crippen LogP contribution in [-0.2, 0) is 9.47 Å². The molecule has 2 aliphatic heterocycles. The lowest BCUT2D eigenvalue weighted by Gasteiger charge is -2.28. The number of ether oxygens (including phenoxy) is 4. The van der Waals surface area contributed by atoms with E-state index in [9.17, 15) is 5.11 Å². The Morgan fingerprint density at radius 1 is 0.875 bits per heavy atom. The molecule has 1 fully saturated rings. The summed E-state index contributed by atoms with van der Waals surface area (Å²) in [6.07, 6.45) is 16.1. The summed E-state index contributed by atoms with van der Waals surface area (Å²) in [4.78, 5) is 0. The number of aliphatic hydroxyl groups is 1. The Morgan fingerprint density at radius 3 is 2.12 bits per heavy atom. The average molecular weight is 447 g/mol. The highest BCUT2D eigenvalue weighted by atomic mass is 16.8. The SMILES string of the molecule is CCCCCCC1(CCCCCC/C=C/[C@@H]2OC(C)(C)O[C@H]2CO)Oc2ccccc2O1. The maximum absolute atomic E-state index is 9.46. The molecule has 0 unspecified atom stereocenters. The summed E-state index contributed by atoms with van der Waals surface area (Å²) >= 11 is 0. The van der Waals surface area contributed by atoms with Crippen LogP contribution < -0.4 is 9.47 Å². The number of unbranched alkanes of at least 4 members (excludes halogenated alkanes) is 7. The minimum Gasteiger partial charge on any atom is -0.448 e. The zero-order valence-corrected chi connectivity index (χ0v) is 20.2. The maximum atomic E-state index is 9.46. The maximum Gasteiger partial charge on any atom is 0.251 e. The second-order valence-corrected chi connectivity index (χ2v) is 9.57. The van der Waals surface area contributed by atoms with Crippen LogP contribution in [0.5, 0.6) is 11.5 Å². The van der Waals surface area contributed by atoms with Crippen LogP contribution in [0.25, 0.3) is 0 Å². The molecule has 2 heterocycles. The van der Waals surface area contributed by atoms with E-state index in [-0.39, 0.29) is 18.8 Å². The molecule has 1 aromatic carbocycles. The second kappa shape index (κ2) is 12.1. The first-order valence-electron chi connectivity index (χ1n) is 12.6. The number of benzene rings is 1. The Kier molecular flexibility index (Phi) is 9.45. The number of hydrogen-bond donors (Lipinski definition) is 1. The zero-order valence-electron chi connectivity index (χ0n) is 20.2. The fourth-order valence-corrected chi connectivity index (χ4v) is 4.60. The molecule has 0 aliphatic carbocycles. The highest BCUT2D eigenvalue weighted by Gasteiger charge is 2.40. The molecule has 0 radical (unpaired) electrons. The largest absolute Gasteiger partial charge is 0.448 e. The third-order valence-corrected chi connectivity index (χ3v) is 6.26. The van der Waals surface area contributed by atoms with Gasteiger partial charge in [0.15, 0.2) is 17.3 Å². The minimum atomic E-state index is -0.626. The van der Waals surface area contributed by atoms with Gasteiger partial charge in [0.25, 0.3) is 5.79 Å². The molecule has 0 saturated carbocycles. The fourth-order valence-electron chi connectivity index (χ4n) is 4.60. The molecule has 0 spiro atoms. The number of para-hydroxylation sites is 2. The zero-order chi connectivity index (χ0) is 22.9. The van der Waals surface area contributed by atoms with Gasteiger partial charge in [-0.1, -0.05) is 63.3 Å². The molecule has 5 nitrogen and oxygen atoms in total. The first-order chi connectivity index (χ1) is 15.5. The summed E-state index contributed by atoms with van der Waals surface area (Å²) in [5.41, 5.74) is 0. The van der Waals surface area contributed by atoms with Crippen molar-refractivity contribution < 1.29 is 24.1 Å². The van der Waals surface area contributed by atoms with Gasteiger partial charge in [0.1, 0.15) is 12.2 Å². The first-order valence-corrected chi connectivity index (χ1v) is 12.6. The Morgan fingerprint density at radius 2 is 1.50 bits per heavy atom. The van der Waals surface area contributed by atoms with Crippen molar-refractivity contribution in [1.29, 1.82) is 0 Å². The lowest BCUT2D eigenvalue weighted by molar-refractivity contribution is -0.146. The fraction of sp³-hybridized carbons (Fsp3) is 0.704. The Hall–Kier alpha value is -1.56. The number of hydrogen-bond acceptors (Lipinski definition) is 5. The van der Waals surface area contributed by atoms with Crippen LogP contribution in [0.2, 0.25) is 0 Å². The molecule has 0 bridgehead atoms. The molecule has 5 heteroatoms. The van der Waals surface area contributed by atoms with Crippen molar-refractivity contribution in [3.05, 3.63) is 36.4 Å². The van der Waals surface area contributed by atoms with E-state index < -0.39 is 11.6 Å². The minimum absolute atomic E-state index is 0.0212. The molecule has 0 aromatic heterocycles. The summed E-state index contributed by atoms with van der Waals surface area (Å²) in [5, 5.41) is 9.46. The lowest BCUT2D eigenvalue weighted by atomic mass is 9.99. The smallest absolute Gasteiger partial charge is 0.251 e. The number of allylic oxidation sites excluding steroid dienone is 1. The summed E-state index contributed by atoms with van der Waals surface area (Å²) in [7, 11) is 0. The molecule has 0 amide bonds. The molecule has 1 saturated heterocycles. The highest BCUT2D eigenvalue weighted by Crippen LogP contribution is 2.43. The Labute approximate surface area is 194 Å². The molecular weight excluding hydrogens is 404 g/mol. The van der Waals surface area contributed by atoms with Crippen LogP contribution in [0.3, 0.4) is 0 Å². The standard InChI is InChI=1S/C27H42O5/c1-4-5-6-14-19-27(31-22-17-12-13-18-23(22)32-27)20-15-10-8-7-9-11-16-24-25(21-28)30-26(2,3)29-24/h11-13,16-18,24-25,28H,4-10,14-15,19-21H2,1-3H3/b16-11+/t24-,25-/m0/s1. The summed E-state index contributed by atoms with van der Waals surface area (Å²) in [6.45, 7) is 5.99. The quantitative estimate of drug-likeness (QED) is 0.260. The van der Waals surface area contributed by atoms with Crippen molar-refractivity contribution in [2.24, 2.45) is 0 Å². The number of aliphatic hydroxyl groups excluding tert-OH is 1. The number of fused-ring (bicyclic) bond motifs is 1. The number of rotatable bonds is 14. The van der Waals surface area contributed by atoms with E-state index in [4.69, 9.17) is 18.9 Å². The van der Waals surface area contributed by atoms with E-state index in [1.54, 1.807) is 0 Å². The van der Waals surface area contributed by atoms with Crippen LogP contribution in [0.1, 0.15) is 91.4 Å². The molecule has 2 aliphatic rings. The second-order valence-electron chi connectivity index (χ2n) is 9.57. The summed E-state index contributed by atoms with van der Waals surface area (Å²) < 4.78 is 24.2. The van der Waals surface area contributed by atoms with Crippen molar-refractivity contribution in [3.8, 4) is 11.5 Å². The van der Waals surface area contributed by atoms with Crippen LogP contribution in [0.4, 0.5) is 0 Å².